The zero-order valence-corrected chi connectivity index (χ0v) is 7.57. The molecule has 0 saturated carbocycles. The molecule has 0 fully saturated rings. The SMILES string of the molecule is C=CC[n+]1ccn(C=C)c1.O=[N+]([O-])[O-]. The fourth-order valence-corrected chi connectivity index (χ4v) is 0.776. The summed E-state index contributed by atoms with van der Waals surface area (Å²) in [5.74, 6) is 0. The van der Waals surface area contributed by atoms with Crippen LogP contribution in [-0.4, -0.2) is 9.65 Å². The Kier molecular flexibility index (Phi) is 5.44. The number of hydrogen-bond acceptors (Lipinski definition) is 3. The molecule has 0 atom stereocenters. The van der Waals surface area contributed by atoms with Crippen molar-refractivity contribution in [1.82, 2.24) is 4.57 Å². The molecule has 0 N–H and O–H groups in total. The minimum Gasteiger partial charge on any atom is -0.356 e. The van der Waals surface area contributed by atoms with Crippen LogP contribution >= 0.6 is 0 Å². The zero-order chi connectivity index (χ0) is 11.0. The molecule has 1 heterocycles. The first-order chi connectivity index (χ1) is 6.60. The minimum atomic E-state index is -1.75. The van der Waals surface area contributed by atoms with E-state index in [0.717, 1.165) is 6.54 Å². The molecule has 0 aliphatic carbocycles. The molecule has 0 saturated heterocycles. The molecule has 0 spiro atoms. The van der Waals surface area contributed by atoms with E-state index in [9.17, 15) is 0 Å². The van der Waals surface area contributed by atoms with Crippen molar-refractivity contribution in [3.05, 3.63) is 53.3 Å². The van der Waals surface area contributed by atoms with E-state index in [1.54, 1.807) is 6.20 Å². The summed E-state index contributed by atoms with van der Waals surface area (Å²) < 4.78 is 3.91. The van der Waals surface area contributed by atoms with Crippen LogP contribution in [0, 0.1) is 15.3 Å². The van der Waals surface area contributed by atoms with Gasteiger partial charge in [0.25, 0.3) is 0 Å². The first kappa shape index (κ1) is 11.9. The normalized spacial score (nSPS) is 8.29. The third-order valence-electron chi connectivity index (χ3n) is 1.26. The molecular formula is C8H11N3O3. The second-order valence-electron chi connectivity index (χ2n) is 2.25. The number of nitrogens with zero attached hydrogens (tertiary/aromatic N) is 3. The third kappa shape index (κ3) is 5.53. The maximum absolute atomic E-state index is 8.25. The monoisotopic (exact) mass is 197 g/mol. The molecule has 0 aromatic carbocycles. The third-order valence-corrected chi connectivity index (χ3v) is 1.26. The van der Waals surface area contributed by atoms with Crippen molar-refractivity contribution in [3.8, 4) is 0 Å². The first-order valence-corrected chi connectivity index (χ1v) is 3.71. The van der Waals surface area contributed by atoms with E-state index >= 15 is 0 Å². The number of allylic oxidation sites excluding steroid dienone is 1. The number of aromatic nitrogens is 2. The summed E-state index contributed by atoms with van der Waals surface area (Å²) in [7, 11) is 0. The molecule has 6 nitrogen and oxygen atoms in total. The van der Waals surface area contributed by atoms with Crippen molar-refractivity contribution in [2.45, 2.75) is 6.54 Å². The summed E-state index contributed by atoms with van der Waals surface area (Å²) in [6.07, 6.45) is 9.47. The molecule has 0 aliphatic heterocycles. The van der Waals surface area contributed by atoms with Crippen LogP contribution < -0.4 is 4.57 Å². The molecule has 0 amide bonds. The maximum Gasteiger partial charge on any atom is 0.248 e. The molecule has 0 radical (unpaired) electrons. The zero-order valence-electron chi connectivity index (χ0n) is 7.57. The molecule has 1 aromatic rings. The van der Waals surface area contributed by atoms with Gasteiger partial charge in [0.2, 0.25) is 6.33 Å². The smallest absolute Gasteiger partial charge is 0.248 e. The minimum absolute atomic E-state index is 0.848. The van der Waals surface area contributed by atoms with Gasteiger partial charge in [-0.2, -0.15) is 0 Å². The summed E-state index contributed by atoms with van der Waals surface area (Å²) in [4.78, 5) is 8.25. The Balaban J connectivity index is 0.000000364. The Labute approximate surface area is 81.1 Å². The molecule has 76 valence electrons. The van der Waals surface area contributed by atoms with E-state index in [1.165, 1.54) is 0 Å². The average molecular weight is 197 g/mol. The van der Waals surface area contributed by atoms with Gasteiger partial charge in [0, 0.05) is 0 Å². The van der Waals surface area contributed by atoms with Gasteiger partial charge in [-0.15, -0.1) is 0 Å². The van der Waals surface area contributed by atoms with Crippen LogP contribution in [0.25, 0.3) is 6.20 Å². The van der Waals surface area contributed by atoms with E-state index in [-0.39, 0.29) is 0 Å². The number of imidazole rings is 1. The Morgan fingerprint density at radius 2 is 2.07 bits per heavy atom. The lowest BCUT2D eigenvalue weighted by atomic mass is 10.6. The topological polar surface area (TPSA) is 75.0 Å². The van der Waals surface area contributed by atoms with Crippen molar-refractivity contribution >= 4 is 6.20 Å². The summed E-state index contributed by atoms with van der Waals surface area (Å²) in [6.45, 7) is 8.11. The highest BCUT2D eigenvalue weighted by Crippen LogP contribution is 1.82. The Morgan fingerprint density at radius 3 is 2.43 bits per heavy atom. The molecule has 6 heteroatoms. The van der Waals surface area contributed by atoms with Gasteiger partial charge in [-0.05, 0) is 0 Å². The number of hydrogen-bond donors (Lipinski definition) is 0. The number of rotatable bonds is 3. The molecular weight excluding hydrogens is 186 g/mol. The van der Waals surface area contributed by atoms with Gasteiger partial charge in [0.15, 0.2) is 0 Å². The standard InChI is InChI=1S/C8H11N2.NO3/c1-3-5-10-7-6-9(4-2)8-10;2-1(3)4/h3-4,6-8H,1-2,5H2;/q+1;-1. The summed E-state index contributed by atoms with van der Waals surface area (Å²) in [5.41, 5.74) is 0. The van der Waals surface area contributed by atoms with E-state index in [0.29, 0.717) is 0 Å². The van der Waals surface area contributed by atoms with E-state index in [2.05, 4.69) is 13.2 Å². The van der Waals surface area contributed by atoms with Crippen molar-refractivity contribution < 1.29 is 9.65 Å². The van der Waals surface area contributed by atoms with Crippen LogP contribution in [-0.2, 0) is 6.54 Å². The molecule has 1 aromatic heterocycles. The lowest BCUT2D eigenvalue weighted by molar-refractivity contribution is -0.686. The van der Waals surface area contributed by atoms with Gasteiger partial charge >= 0.3 is 0 Å². The van der Waals surface area contributed by atoms with E-state index in [1.807, 2.05) is 33.9 Å². The highest BCUT2D eigenvalue weighted by molar-refractivity contribution is 5.13. The lowest BCUT2D eigenvalue weighted by Gasteiger charge is -1.83. The molecule has 0 unspecified atom stereocenters. The maximum atomic E-state index is 8.25. The van der Waals surface area contributed by atoms with Crippen molar-refractivity contribution in [1.29, 1.82) is 0 Å². The molecule has 0 aliphatic rings. The average Bonchev–Trinajstić information content (AvgIpc) is 2.52. The summed E-state index contributed by atoms with van der Waals surface area (Å²) in [5, 5.41) is 14.8. The summed E-state index contributed by atoms with van der Waals surface area (Å²) >= 11 is 0. The second-order valence-corrected chi connectivity index (χ2v) is 2.25. The summed E-state index contributed by atoms with van der Waals surface area (Å²) in [6, 6.07) is 0. The molecule has 1 rings (SSSR count). The Morgan fingerprint density at radius 1 is 1.50 bits per heavy atom. The highest BCUT2D eigenvalue weighted by Gasteiger charge is 1.95. The van der Waals surface area contributed by atoms with Gasteiger partial charge in [0.05, 0.1) is 11.3 Å². The van der Waals surface area contributed by atoms with Crippen LogP contribution in [0.5, 0.6) is 0 Å². The lowest BCUT2D eigenvalue weighted by Crippen LogP contribution is -2.29. The second kappa shape index (κ2) is 6.41. The first-order valence-electron chi connectivity index (χ1n) is 3.71. The van der Waals surface area contributed by atoms with Crippen LogP contribution in [0.1, 0.15) is 0 Å². The highest BCUT2D eigenvalue weighted by atomic mass is 16.9. The quantitative estimate of drug-likeness (QED) is 0.311. The fourth-order valence-electron chi connectivity index (χ4n) is 0.776. The van der Waals surface area contributed by atoms with Crippen molar-refractivity contribution in [2.75, 3.05) is 0 Å². The van der Waals surface area contributed by atoms with Gasteiger partial charge in [-0.25, -0.2) is 9.13 Å². The largest absolute Gasteiger partial charge is 0.356 e. The predicted octanol–water partition coefficient (Wildman–Crippen LogP) is 0.823. The van der Waals surface area contributed by atoms with Crippen LogP contribution in [0.15, 0.2) is 38.0 Å². The van der Waals surface area contributed by atoms with Crippen molar-refractivity contribution in [2.24, 2.45) is 0 Å². The van der Waals surface area contributed by atoms with Crippen LogP contribution in [0.4, 0.5) is 0 Å². The predicted molar refractivity (Wildman–Crippen MR) is 51.6 cm³/mol. The van der Waals surface area contributed by atoms with E-state index < -0.39 is 5.09 Å². The van der Waals surface area contributed by atoms with Crippen LogP contribution in [0.2, 0.25) is 0 Å². The Hall–Kier alpha value is -2.11. The van der Waals surface area contributed by atoms with Gasteiger partial charge in [-0.1, -0.05) is 19.2 Å². The fraction of sp³-hybridized carbons (Fsp3) is 0.125. The van der Waals surface area contributed by atoms with Crippen molar-refractivity contribution in [3.63, 3.8) is 0 Å². The van der Waals surface area contributed by atoms with Gasteiger partial charge in [-0.3, -0.25) is 0 Å². The van der Waals surface area contributed by atoms with Crippen LogP contribution in [0.3, 0.4) is 0 Å². The van der Waals surface area contributed by atoms with E-state index in [4.69, 9.17) is 15.3 Å². The van der Waals surface area contributed by atoms with Gasteiger partial charge in [0.1, 0.15) is 18.9 Å². The molecule has 0 bridgehead atoms. The Bertz CT molecular complexity index is 315. The molecule has 14 heavy (non-hydrogen) atoms. The van der Waals surface area contributed by atoms with Gasteiger partial charge < -0.3 is 15.3 Å².